The van der Waals surface area contributed by atoms with Crippen molar-refractivity contribution in [3.63, 3.8) is 0 Å². The average molecular weight is 202 g/mol. The molecule has 1 N–H and O–H groups in total. The van der Waals surface area contributed by atoms with Crippen LogP contribution in [0.25, 0.3) is 0 Å². The van der Waals surface area contributed by atoms with Crippen molar-refractivity contribution >= 4 is 0 Å². The van der Waals surface area contributed by atoms with Crippen molar-refractivity contribution in [2.45, 2.75) is 38.7 Å². The minimum absolute atomic E-state index is 0.0938. The van der Waals surface area contributed by atoms with E-state index >= 15 is 0 Å². The molecule has 0 bridgehead atoms. The van der Waals surface area contributed by atoms with Gasteiger partial charge in [0.1, 0.15) is 0 Å². The second kappa shape index (κ2) is 5.69. The fourth-order valence-corrected chi connectivity index (χ4v) is 1.75. The third kappa shape index (κ3) is 3.23. The van der Waals surface area contributed by atoms with Gasteiger partial charge in [-0.25, -0.2) is 0 Å². The first-order chi connectivity index (χ1) is 6.75. The third-order valence-electron chi connectivity index (χ3n) is 3.11. The predicted molar refractivity (Wildman–Crippen MR) is 55.3 cm³/mol. The lowest BCUT2D eigenvalue weighted by Crippen LogP contribution is -2.25. The van der Waals surface area contributed by atoms with Crippen LogP contribution >= 0.6 is 0 Å². The van der Waals surface area contributed by atoms with Gasteiger partial charge in [-0.2, -0.15) is 0 Å². The van der Waals surface area contributed by atoms with Gasteiger partial charge < -0.3 is 14.6 Å². The van der Waals surface area contributed by atoms with E-state index in [2.05, 4.69) is 13.8 Å². The maximum Gasteiger partial charge on any atom is 0.0711 e. The maximum atomic E-state index is 8.50. The highest BCUT2D eigenvalue weighted by atomic mass is 16.5. The molecule has 0 saturated heterocycles. The van der Waals surface area contributed by atoms with Crippen molar-refractivity contribution in [3.05, 3.63) is 0 Å². The van der Waals surface area contributed by atoms with Crippen LogP contribution in [0.2, 0.25) is 0 Å². The van der Waals surface area contributed by atoms with E-state index in [0.717, 1.165) is 0 Å². The Morgan fingerprint density at radius 2 is 2.00 bits per heavy atom. The highest BCUT2D eigenvalue weighted by molar-refractivity contribution is 4.99. The van der Waals surface area contributed by atoms with Crippen LogP contribution in [0.15, 0.2) is 0 Å². The van der Waals surface area contributed by atoms with Gasteiger partial charge in [-0.1, -0.05) is 20.3 Å². The summed E-state index contributed by atoms with van der Waals surface area (Å²) in [6.07, 6.45) is 3.57. The van der Waals surface area contributed by atoms with Crippen LogP contribution in [0.3, 0.4) is 0 Å². The molecule has 0 radical (unpaired) electrons. The van der Waals surface area contributed by atoms with E-state index < -0.39 is 0 Å². The van der Waals surface area contributed by atoms with Crippen molar-refractivity contribution in [1.82, 2.24) is 0 Å². The molecule has 0 aromatic rings. The normalized spacial score (nSPS) is 20.8. The Bertz CT molecular complexity index is 155. The Morgan fingerprint density at radius 1 is 1.29 bits per heavy atom. The lowest BCUT2D eigenvalue weighted by molar-refractivity contribution is -0.0392. The molecular weight excluding hydrogens is 180 g/mol. The molecule has 1 unspecified atom stereocenters. The Balaban J connectivity index is 2.06. The van der Waals surface area contributed by atoms with Gasteiger partial charge in [0.25, 0.3) is 0 Å². The summed E-state index contributed by atoms with van der Waals surface area (Å²) in [4.78, 5) is 0. The quantitative estimate of drug-likeness (QED) is 0.607. The molecule has 1 aliphatic carbocycles. The zero-order valence-electron chi connectivity index (χ0n) is 9.29. The van der Waals surface area contributed by atoms with E-state index in [1.807, 2.05) is 0 Å². The molecule has 1 atom stereocenters. The molecule has 1 fully saturated rings. The van der Waals surface area contributed by atoms with Crippen molar-refractivity contribution < 1.29 is 14.6 Å². The Labute approximate surface area is 86.4 Å². The lowest BCUT2D eigenvalue weighted by Gasteiger charge is -2.22. The Hall–Kier alpha value is -0.120. The zero-order chi connectivity index (χ0) is 10.4. The van der Waals surface area contributed by atoms with Crippen LogP contribution in [0.1, 0.15) is 33.1 Å². The van der Waals surface area contributed by atoms with Crippen LogP contribution < -0.4 is 0 Å². The highest BCUT2D eigenvalue weighted by Gasteiger charge is 2.47. The molecule has 0 heterocycles. The van der Waals surface area contributed by atoms with Gasteiger partial charge in [0.05, 0.1) is 32.0 Å². The number of ether oxygens (including phenoxy) is 2. The summed E-state index contributed by atoms with van der Waals surface area (Å²) < 4.78 is 11.0. The number of rotatable bonds is 8. The van der Waals surface area contributed by atoms with Gasteiger partial charge in [0.15, 0.2) is 0 Å². The lowest BCUT2D eigenvalue weighted by atomic mass is 10.00. The first-order valence-electron chi connectivity index (χ1n) is 5.57. The molecular formula is C11H22O3. The molecule has 0 aliphatic heterocycles. The first-order valence-corrected chi connectivity index (χ1v) is 5.57. The molecule has 0 amide bonds. The SMILES string of the molecule is CCC(C)C1(OCCOCCO)CC1. The molecule has 1 saturated carbocycles. The van der Waals surface area contributed by atoms with E-state index in [9.17, 15) is 0 Å². The number of aliphatic hydroxyl groups excluding tert-OH is 1. The summed E-state index contributed by atoms with van der Waals surface area (Å²) in [7, 11) is 0. The molecule has 0 spiro atoms. The van der Waals surface area contributed by atoms with Crippen molar-refractivity contribution in [2.24, 2.45) is 5.92 Å². The number of hydrogen-bond acceptors (Lipinski definition) is 3. The topological polar surface area (TPSA) is 38.7 Å². The first kappa shape index (κ1) is 12.0. The summed E-state index contributed by atoms with van der Waals surface area (Å²) in [5.41, 5.74) is 0.164. The Morgan fingerprint density at radius 3 is 2.50 bits per heavy atom. The maximum absolute atomic E-state index is 8.50. The van der Waals surface area contributed by atoms with Crippen LogP contribution in [0.4, 0.5) is 0 Å². The molecule has 3 nitrogen and oxygen atoms in total. The Kier molecular flexibility index (Phi) is 4.85. The highest BCUT2D eigenvalue weighted by Crippen LogP contribution is 2.47. The second-order valence-corrected chi connectivity index (χ2v) is 4.06. The summed E-state index contributed by atoms with van der Waals surface area (Å²) >= 11 is 0. The smallest absolute Gasteiger partial charge is 0.0711 e. The minimum atomic E-state index is 0.0938. The van der Waals surface area contributed by atoms with Crippen molar-refractivity contribution in [3.8, 4) is 0 Å². The minimum Gasteiger partial charge on any atom is -0.394 e. The van der Waals surface area contributed by atoms with Crippen molar-refractivity contribution in [2.75, 3.05) is 26.4 Å². The van der Waals surface area contributed by atoms with Gasteiger partial charge in [0.2, 0.25) is 0 Å². The van der Waals surface area contributed by atoms with Crippen LogP contribution in [-0.2, 0) is 9.47 Å². The van der Waals surface area contributed by atoms with Crippen LogP contribution in [0.5, 0.6) is 0 Å². The van der Waals surface area contributed by atoms with E-state index in [-0.39, 0.29) is 12.2 Å². The second-order valence-electron chi connectivity index (χ2n) is 4.06. The summed E-state index contributed by atoms with van der Waals surface area (Å²) in [5, 5.41) is 8.50. The zero-order valence-corrected chi connectivity index (χ0v) is 9.29. The predicted octanol–water partition coefficient (Wildman–Crippen LogP) is 1.59. The van der Waals surface area contributed by atoms with Gasteiger partial charge in [-0.05, 0) is 18.8 Å². The average Bonchev–Trinajstić information content (AvgIpc) is 2.98. The van der Waals surface area contributed by atoms with Crippen molar-refractivity contribution in [1.29, 1.82) is 0 Å². The molecule has 1 aliphatic rings. The van der Waals surface area contributed by atoms with E-state index in [1.54, 1.807) is 0 Å². The standard InChI is InChI=1S/C11H22O3/c1-3-10(2)11(4-5-11)14-9-8-13-7-6-12/h10,12H,3-9H2,1-2H3. The molecule has 0 aromatic heterocycles. The fourth-order valence-electron chi connectivity index (χ4n) is 1.75. The van der Waals surface area contributed by atoms with E-state index in [1.165, 1.54) is 19.3 Å². The van der Waals surface area contributed by atoms with Gasteiger partial charge in [0, 0.05) is 0 Å². The van der Waals surface area contributed by atoms with Gasteiger partial charge >= 0.3 is 0 Å². The molecule has 1 rings (SSSR count). The van der Waals surface area contributed by atoms with Crippen LogP contribution in [0, 0.1) is 5.92 Å². The molecule has 0 aromatic carbocycles. The van der Waals surface area contributed by atoms with Crippen LogP contribution in [-0.4, -0.2) is 37.1 Å². The summed E-state index contributed by atoms with van der Waals surface area (Å²) in [6.45, 7) is 6.22. The molecule has 14 heavy (non-hydrogen) atoms. The largest absolute Gasteiger partial charge is 0.394 e. The summed E-state index contributed by atoms with van der Waals surface area (Å²) in [6, 6.07) is 0. The monoisotopic (exact) mass is 202 g/mol. The van der Waals surface area contributed by atoms with Gasteiger partial charge in [-0.15, -0.1) is 0 Å². The number of aliphatic hydroxyl groups is 1. The van der Waals surface area contributed by atoms with E-state index in [4.69, 9.17) is 14.6 Å². The molecule has 84 valence electrons. The third-order valence-corrected chi connectivity index (χ3v) is 3.11. The fraction of sp³-hybridized carbons (Fsp3) is 1.00. The summed E-state index contributed by atoms with van der Waals surface area (Å²) in [5.74, 6) is 0.653. The number of hydrogen-bond donors (Lipinski definition) is 1. The van der Waals surface area contributed by atoms with Gasteiger partial charge in [-0.3, -0.25) is 0 Å². The van der Waals surface area contributed by atoms with E-state index in [0.29, 0.717) is 25.7 Å². The molecule has 3 heteroatoms.